The average molecular weight is 406 g/mol. The van der Waals surface area contributed by atoms with Crippen LogP contribution in [0.15, 0.2) is 76.7 Å². The Morgan fingerprint density at radius 2 is 1.93 bits per heavy atom. The summed E-state index contributed by atoms with van der Waals surface area (Å²) in [5.74, 6) is 0.792. The standard InChI is InChI=1S/C23H23N3O2S/c1-16(20-14-18-10-6-7-11-19(18)28-20)26(2)15-21(27)25-22(23-24-12-13-29-23)17-8-4-3-5-9-17/h3-14,16,22H,15H2,1-2H3,(H,25,27). The maximum absolute atomic E-state index is 12.8. The number of hydrogen-bond donors (Lipinski definition) is 1. The summed E-state index contributed by atoms with van der Waals surface area (Å²) in [6.45, 7) is 2.30. The van der Waals surface area contributed by atoms with Crippen molar-refractivity contribution in [1.29, 1.82) is 0 Å². The van der Waals surface area contributed by atoms with Gasteiger partial charge in [0.1, 0.15) is 22.4 Å². The summed E-state index contributed by atoms with van der Waals surface area (Å²) in [5.41, 5.74) is 1.88. The summed E-state index contributed by atoms with van der Waals surface area (Å²) in [4.78, 5) is 19.2. The van der Waals surface area contributed by atoms with Crippen LogP contribution in [0.3, 0.4) is 0 Å². The zero-order valence-corrected chi connectivity index (χ0v) is 17.2. The van der Waals surface area contributed by atoms with Crippen molar-refractivity contribution in [1.82, 2.24) is 15.2 Å². The highest BCUT2D eigenvalue weighted by Gasteiger charge is 2.22. The maximum atomic E-state index is 12.8. The number of carbonyl (C=O) groups excluding carboxylic acids is 1. The quantitative estimate of drug-likeness (QED) is 0.480. The van der Waals surface area contributed by atoms with Crippen LogP contribution in [0.4, 0.5) is 0 Å². The van der Waals surface area contributed by atoms with E-state index in [-0.39, 0.29) is 24.5 Å². The molecule has 0 radical (unpaired) electrons. The van der Waals surface area contributed by atoms with E-state index >= 15 is 0 Å². The largest absolute Gasteiger partial charge is 0.459 e. The van der Waals surface area contributed by atoms with Gasteiger partial charge in [0.05, 0.1) is 12.6 Å². The SMILES string of the molecule is CC(c1cc2ccccc2o1)N(C)CC(=O)NC(c1ccccc1)c1nccs1. The molecule has 0 saturated heterocycles. The molecular weight excluding hydrogens is 382 g/mol. The molecule has 6 heteroatoms. The molecule has 2 aromatic carbocycles. The molecule has 2 aromatic heterocycles. The number of nitrogens with one attached hydrogen (secondary N) is 1. The molecule has 0 bridgehead atoms. The molecule has 0 aliphatic carbocycles. The summed E-state index contributed by atoms with van der Waals surface area (Å²) in [5, 5.41) is 7.00. The molecule has 1 amide bonds. The predicted octanol–water partition coefficient (Wildman–Crippen LogP) is 4.79. The second-order valence-corrected chi connectivity index (χ2v) is 7.99. The number of aromatic nitrogens is 1. The Bertz CT molecular complexity index is 1040. The van der Waals surface area contributed by atoms with Gasteiger partial charge in [-0.15, -0.1) is 11.3 Å². The highest BCUT2D eigenvalue weighted by molar-refractivity contribution is 7.09. The third-order valence-electron chi connectivity index (χ3n) is 5.05. The van der Waals surface area contributed by atoms with Crippen molar-refractivity contribution in [3.63, 3.8) is 0 Å². The van der Waals surface area contributed by atoms with E-state index in [1.807, 2.05) is 84.9 Å². The molecule has 29 heavy (non-hydrogen) atoms. The third-order valence-corrected chi connectivity index (χ3v) is 5.89. The molecule has 0 aliphatic heterocycles. The molecule has 0 spiro atoms. The van der Waals surface area contributed by atoms with Crippen molar-refractivity contribution in [3.8, 4) is 0 Å². The minimum atomic E-state index is -0.251. The monoisotopic (exact) mass is 405 g/mol. The van der Waals surface area contributed by atoms with E-state index in [0.29, 0.717) is 0 Å². The van der Waals surface area contributed by atoms with Crippen LogP contribution in [0.1, 0.15) is 35.3 Å². The van der Waals surface area contributed by atoms with Gasteiger partial charge in [0.15, 0.2) is 0 Å². The Hall–Kier alpha value is -2.96. The van der Waals surface area contributed by atoms with Crippen LogP contribution in [-0.2, 0) is 4.79 Å². The summed E-state index contributed by atoms with van der Waals surface area (Å²) >= 11 is 1.54. The first-order valence-electron chi connectivity index (χ1n) is 9.54. The van der Waals surface area contributed by atoms with Crippen molar-refractivity contribution in [3.05, 3.63) is 88.6 Å². The Labute approximate surface area is 174 Å². The number of carbonyl (C=O) groups is 1. The molecule has 4 aromatic rings. The number of hydrogen-bond acceptors (Lipinski definition) is 5. The molecule has 0 aliphatic rings. The number of likely N-dealkylation sites (N-methyl/N-ethyl adjacent to an activating group) is 1. The summed E-state index contributed by atoms with van der Waals surface area (Å²) in [6, 6.07) is 19.6. The van der Waals surface area contributed by atoms with Gasteiger partial charge in [-0.05, 0) is 31.7 Å². The van der Waals surface area contributed by atoms with Crippen LogP contribution < -0.4 is 5.32 Å². The molecule has 5 nitrogen and oxygen atoms in total. The Balaban J connectivity index is 1.46. The predicted molar refractivity (Wildman–Crippen MR) is 116 cm³/mol. The van der Waals surface area contributed by atoms with Gasteiger partial charge in [0, 0.05) is 17.0 Å². The van der Waals surface area contributed by atoms with Crippen molar-refractivity contribution in [2.45, 2.75) is 19.0 Å². The molecular formula is C23H23N3O2S. The van der Waals surface area contributed by atoms with Crippen LogP contribution in [-0.4, -0.2) is 29.4 Å². The van der Waals surface area contributed by atoms with Gasteiger partial charge in [-0.25, -0.2) is 4.98 Å². The summed E-state index contributed by atoms with van der Waals surface area (Å²) in [6.07, 6.45) is 1.76. The smallest absolute Gasteiger partial charge is 0.235 e. The minimum Gasteiger partial charge on any atom is -0.459 e. The third kappa shape index (κ3) is 4.39. The topological polar surface area (TPSA) is 58.4 Å². The van der Waals surface area contributed by atoms with E-state index in [1.165, 1.54) is 11.3 Å². The van der Waals surface area contributed by atoms with Crippen molar-refractivity contribution in [2.24, 2.45) is 0 Å². The molecule has 148 valence electrons. The molecule has 2 atom stereocenters. The number of thiazole rings is 1. The van der Waals surface area contributed by atoms with E-state index in [0.717, 1.165) is 27.3 Å². The van der Waals surface area contributed by atoms with Gasteiger partial charge in [0.2, 0.25) is 5.91 Å². The summed E-state index contributed by atoms with van der Waals surface area (Å²) < 4.78 is 5.96. The number of fused-ring (bicyclic) bond motifs is 1. The van der Waals surface area contributed by atoms with Crippen LogP contribution in [0, 0.1) is 0 Å². The maximum Gasteiger partial charge on any atom is 0.235 e. The Morgan fingerprint density at radius 1 is 1.17 bits per heavy atom. The Morgan fingerprint density at radius 3 is 2.66 bits per heavy atom. The van der Waals surface area contributed by atoms with Gasteiger partial charge in [-0.1, -0.05) is 48.5 Å². The lowest BCUT2D eigenvalue weighted by Crippen LogP contribution is -2.38. The van der Waals surface area contributed by atoms with Gasteiger partial charge in [-0.2, -0.15) is 0 Å². The first kappa shape index (κ1) is 19.4. The fourth-order valence-electron chi connectivity index (χ4n) is 3.31. The normalized spacial score (nSPS) is 13.5. The number of para-hydroxylation sites is 1. The fraction of sp³-hybridized carbons (Fsp3) is 0.217. The lowest BCUT2D eigenvalue weighted by Gasteiger charge is -2.24. The van der Waals surface area contributed by atoms with Gasteiger partial charge < -0.3 is 9.73 Å². The van der Waals surface area contributed by atoms with E-state index in [1.54, 1.807) is 6.20 Å². The molecule has 4 rings (SSSR count). The van der Waals surface area contributed by atoms with Gasteiger partial charge in [-0.3, -0.25) is 9.69 Å². The molecule has 0 fully saturated rings. The second kappa shape index (κ2) is 8.59. The number of benzene rings is 2. The average Bonchev–Trinajstić information content (AvgIpc) is 3.41. The molecule has 1 N–H and O–H groups in total. The fourth-order valence-corrected chi connectivity index (χ4v) is 4.02. The number of furan rings is 1. The zero-order chi connectivity index (χ0) is 20.2. The van der Waals surface area contributed by atoms with E-state index < -0.39 is 0 Å². The van der Waals surface area contributed by atoms with Gasteiger partial charge >= 0.3 is 0 Å². The number of amides is 1. The van der Waals surface area contributed by atoms with Crippen LogP contribution in [0.25, 0.3) is 11.0 Å². The van der Waals surface area contributed by atoms with Crippen LogP contribution >= 0.6 is 11.3 Å². The summed E-state index contributed by atoms with van der Waals surface area (Å²) in [7, 11) is 1.93. The first-order chi connectivity index (χ1) is 14.1. The lowest BCUT2D eigenvalue weighted by molar-refractivity contribution is -0.123. The number of nitrogens with zero attached hydrogens (tertiary/aromatic N) is 2. The first-order valence-corrected chi connectivity index (χ1v) is 10.4. The van der Waals surface area contributed by atoms with Crippen molar-refractivity contribution in [2.75, 3.05) is 13.6 Å². The highest BCUT2D eigenvalue weighted by Crippen LogP contribution is 2.27. The van der Waals surface area contributed by atoms with E-state index in [2.05, 4.69) is 10.3 Å². The van der Waals surface area contributed by atoms with Crippen molar-refractivity contribution >= 4 is 28.2 Å². The second-order valence-electron chi connectivity index (χ2n) is 7.06. The van der Waals surface area contributed by atoms with E-state index in [9.17, 15) is 4.79 Å². The highest BCUT2D eigenvalue weighted by atomic mass is 32.1. The molecule has 2 unspecified atom stereocenters. The lowest BCUT2D eigenvalue weighted by atomic mass is 10.1. The number of rotatable bonds is 7. The van der Waals surface area contributed by atoms with Crippen LogP contribution in [0.5, 0.6) is 0 Å². The zero-order valence-electron chi connectivity index (χ0n) is 16.4. The molecule has 2 heterocycles. The van der Waals surface area contributed by atoms with Crippen molar-refractivity contribution < 1.29 is 9.21 Å². The van der Waals surface area contributed by atoms with E-state index in [4.69, 9.17) is 4.42 Å². The van der Waals surface area contributed by atoms with Crippen LogP contribution in [0.2, 0.25) is 0 Å². The van der Waals surface area contributed by atoms with Gasteiger partial charge in [0.25, 0.3) is 0 Å². The minimum absolute atomic E-state index is 0.0248. The Kier molecular flexibility index (Phi) is 5.74. The molecule has 0 saturated carbocycles.